The molecule has 0 amide bonds. The van der Waals surface area contributed by atoms with Crippen molar-refractivity contribution in [2.45, 2.75) is 51.5 Å². The smallest absolute Gasteiger partial charge is 0.341 e. The maximum Gasteiger partial charge on any atom is 0.341 e. The van der Waals surface area contributed by atoms with Crippen LogP contribution in [0.5, 0.6) is 5.88 Å². The summed E-state index contributed by atoms with van der Waals surface area (Å²) in [4.78, 5) is 27.4. The van der Waals surface area contributed by atoms with E-state index >= 15 is 0 Å². The molecule has 0 aliphatic heterocycles. The summed E-state index contributed by atoms with van der Waals surface area (Å²) in [5.41, 5.74) is 1.86. The van der Waals surface area contributed by atoms with Crippen LogP contribution in [-0.4, -0.2) is 46.2 Å². The van der Waals surface area contributed by atoms with Gasteiger partial charge in [0.05, 0.1) is 12.8 Å². The van der Waals surface area contributed by atoms with Crippen LogP contribution in [0, 0.1) is 0 Å². The van der Waals surface area contributed by atoms with Gasteiger partial charge in [-0.2, -0.15) is 4.98 Å². The number of ether oxygens (including phenoxy) is 1. The second-order valence-corrected chi connectivity index (χ2v) is 6.81. The number of carbonyl (C=O) groups is 1. The van der Waals surface area contributed by atoms with Gasteiger partial charge in [-0.1, -0.05) is 12.8 Å². The van der Waals surface area contributed by atoms with Crippen LogP contribution in [0.4, 0.5) is 5.82 Å². The molecule has 2 aromatic rings. The molecule has 0 radical (unpaired) electrons. The normalized spacial score (nSPS) is 15.1. The number of carboxylic acids is 1. The molecule has 1 aliphatic carbocycles. The van der Waals surface area contributed by atoms with Crippen LogP contribution >= 0.6 is 0 Å². The van der Waals surface area contributed by atoms with Gasteiger partial charge in [0.2, 0.25) is 5.88 Å². The monoisotopic (exact) mass is 344 g/mol. The van der Waals surface area contributed by atoms with E-state index in [9.17, 15) is 9.90 Å². The molecule has 0 saturated heterocycles. The molecule has 3 rings (SSSR count). The Kier molecular flexibility index (Phi) is 4.74. The molecule has 0 bridgehead atoms. The predicted octanol–water partition coefficient (Wildman–Crippen LogP) is 3.23. The van der Waals surface area contributed by atoms with Crippen molar-refractivity contribution in [3.63, 3.8) is 0 Å². The SMILES string of the molecule is COc1nc2nc(C3CCCC3)c(N(C)C(C)C)nc2cc1C(=O)O. The summed E-state index contributed by atoms with van der Waals surface area (Å²) in [5, 5.41) is 9.37. The third-order valence-electron chi connectivity index (χ3n) is 4.90. The number of fused-ring (bicyclic) bond motifs is 1. The predicted molar refractivity (Wildman–Crippen MR) is 95.6 cm³/mol. The Hall–Kier alpha value is -2.44. The Morgan fingerprint density at radius 2 is 1.96 bits per heavy atom. The molecule has 134 valence electrons. The first kappa shape index (κ1) is 17.4. The number of rotatable bonds is 5. The summed E-state index contributed by atoms with van der Waals surface area (Å²) in [7, 11) is 3.40. The number of nitrogens with zero attached hydrogens (tertiary/aromatic N) is 4. The molecule has 25 heavy (non-hydrogen) atoms. The highest BCUT2D eigenvalue weighted by Gasteiger charge is 2.26. The third kappa shape index (κ3) is 3.23. The zero-order chi connectivity index (χ0) is 18.1. The van der Waals surface area contributed by atoms with Gasteiger partial charge >= 0.3 is 5.97 Å². The zero-order valence-electron chi connectivity index (χ0n) is 15.1. The fourth-order valence-corrected chi connectivity index (χ4v) is 3.26. The minimum absolute atomic E-state index is 0.00364. The van der Waals surface area contributed by atoms with Crippen LogP contribution in [0.1, 0.15) is 61.5 Å². The molecule has 0 aromatic carbocycles. The van der Waals surface area contributed by atoms with Gasteiger partial charge in [-0.15, -0.1) is 0 Å². The highest BCUT2D eigenvalue weighted by Crippen LogP contribution is 2.38. The second-order valence-electron chi connectivity index (χ2n) is 6.81. The minimum atomic E-state index is -1.09. The number of methoxy groups -OCH3 is 1. The summed E-state index contributed by atoms with van der Waals surface area (Å²) in [6, 6.07) is 1.75. The fraction of sp³-hybridized carbons (Fsp3) is 0.556. The van der Waals surface area contributed by atoms with Crippen molar-refractivity contribution in [1.82, 2.24) is 15.0 Å². The van der Waals surface area contributed by atoms with Gasteiger partial charge < -0.3 is 14.7 Å². The molecule has 0 atom stereocenters. The minimum Gasteiger partial charge on any atom is -0.480 e. The van der Waals surface area contributed by atoms with E-state index in [0.29, 0.717) is 17.1 Å². The summed E-state index contributed by atoms with van der Waals surface area (Å²) >= 11 is 0. The van der Waals surface area contributed by atoms with Crippen molar-refractivity contribution in [2.75, 3.05) is 19.1 Å². The number of carboxylic acid groups (broad SMARTS) is 1. The molecular weight excluding hydrogens is 320 g/mol. The number of pyridine rings is 1. The van der Waals surface area contributed by atoms with Gasteiger partial charge in [-0.3, -0.25) is 0 Å². The number of aromatic nitrogens is 3. The molecular formula is C18H24N4O3. The van der Waals surface area contributed by atoms with Gasteiger partial charge in [0, 0.05) is 19.0 Å². The molecule has 7 heteroatoms. The highest BCUT2D eigenvalue weighted by atomic mass is 16.5. The Labute approximate surface area is 147 Å². The van der Waals surface area contributed by atoms with E-state index in [1.807, 2.05) is 7.05 Å². The van der Waals surface area contributed by atoms with E-state index in [0.717, 1.165) is 24.4 Å². The largest absolute Gasteiger partial charge is 0.480 e. The van der Waals surface area contributed by atoms with Crippen molar-refractivity contribution >= 4 is 23.0 Å². The van der Waals surface area contributed by atoms with Crippen molar-refractivity contribution in [3.8, 4) is 5.88 Å². The van der Waals surface area contributed by atoms with E-state index in [-0.39, 0.29) is 17.5 Å². The van der Waals surface area contributed by atoms with E-state index in [2.05, 4.69) is 23.7 Å². The molecule has 2 aromatic heterocycles. The van der Waals surface area contributed by atoms with Gasteiger partial charge in [0.15, 0.2) is 11.5 Å². The zero-order valence-corrected chi connectivity index (χ0v) is 15.1. The van der Waals surface area contributed by atoms with E-state index in [1.165, 1.54) is 26.0 Å². The van der Waals surface area contributed by atoms with E-state index in [1.54, 1.807) is 0 Å². The van der Waals surface area contributed by atoms with Crippen molar-refractivity contribution in [1.29, 1.82) is 0 Å². The number of anilines is 1. The molecule has 1 saturated carbocycles. The van der Waals surface area contributed by atoms with Gasteiger partial charge in [-0.25, -0.2) is 14.8 Å². The number of hydrogen-bond donors (Lipinski definition) is 1. The first-order valence-corrected chi connectivity index (χ1v) is 8.65. The fourth-order valence-electron chi connectivity index (χ4n) is 3.26. The maximum atomic E-state index is 11.4. The Morgan fingerprint density at radius 3 is 2.52 bits per heavy atom. The van der Waals surface area contributed by atoms with Crippen LogP contribution in [0.15, 0.2) is 6.07 Å². The lowest BCUT2D eigenvalue weighted by Gasteiger charge is -2.26. The molecule has 1 N–H and O–H groups in total. The van der Waals surface area contributed by atoms with Gasteiger partial charge in [-0.05, 0) is 32.8 Å². The Balaban J connectivity index is 2.23. The first-order chi connectivity index (χ1) is 11.9. The van der Waals surface area contributed by atoms with Crippen LogP contribution < -0.4 is 9.64 Å². The second kappa shape index (κ2) is 6.82. The Bertz CT molecular complexity index is 800. The average molecular weight is 344 g/mol. The standard InChI is InChI=1S/C18H24N4O3/c1-10(2)22(3)16-14(11-7-5-6-8-11)20-15-13(19-16)9-12(18(23)24)17(21-15)25-4/h9-11H,5-8H2,1-4H3,(H,23,24). The lowest BCUT2D eigenvalue weighted by molar-refractivity contribution is 0.0692. The summed E-state index contributed by atoms with van der Waals surface area (Å²) in [6.45, 7) is 4.19. The first-order valence-electron chi connectivity index (χ1n) is 8.65. The van der Waals surface area contributed by atoms with Gasteiger partial charge in [0.1, 0.15) is 11.1 Å². The summed E-state index contributed by atoms with van der Waals surface area (Å²) in [6.07, 6.45) is 4.60. The van der Waals surface area contributed by atoms with Crippen LogP contribution in [0.2, 0.25) is 0 Å². The third-order valence-corrected chi connectivity index (χ3v) is 4.90. The lowest BCUT2D eigenvalue weighted by Crippen LogP contribution is -2.28. The average Bonchev–Trinajstić information content (AvgIpc) is 3.12. The molecule has 0 spiro atoms. The van der Waals surface area contributed by atoms with E-state index in [4.69, 9.17) is 14.7 Å². The Morgan fingerprint density at radius 1 is 1.28 bits per heavy atom. The highest BCUT2D eigenvalue weighted by molar-refractivity contribution is 5.94. The van der Waals surface area contributed by atoms with Crippen molar-refractivity contribution in [2.24, 2.45) is 0 Å². The van der Waals surface area contributed by atoms with Crippen molar-refractivity contribution < 1.29 is 14.6 Å². The molecule has 0 unspecified atom stereocenters. The van der Waals surface area contributed by atoms with E-state index < -0.39 is 5.97 Å². The van der Waals surface area contributed by atoms with Crippen LogP contribution in [-0.2, 0) is 0 Å². The topological polar surface area (TPSA) is 88.4 Å². The molecule has 1 fully saturated rings. The number of hydrogen-bond acceptors (Lipinski definition) is 6. The van der Waals surface area contributed by atoms with Gasteiger partial charge in [0.25, 0.3) is 0 Å². The summed E-state index contributed by atoms with van der Waals surface area (Å²) < 4.78 is 5.13. The summed E-state index contributed by atoms with van der Waals surface area (Å²) in [5.74, 6) is 0.168. The van der Waals surface area contributed by atoms with Crippen LogP contribution in [0.3, 0.4) is 0 Å². The molecule has 2 heterocycles. The van der Waals surface area contributed by atoms with Crippen LogP contribution in [0.25, 0.3) is 11.2 Å². The lowest BCUT2D eigenvalue weighted by atomic mass is 10.0. The number of aromatic carboxylic acids is 1. The quantitative estimate of drug-likeness (QED) is 0.890. The van der Waals surface area contributed by atoms with Crippen molar-refractivity contribution in [3.05, 3.63) is 17.3 Å². The maximum absolute atomic E-state index is 11.4. The molecule has 7 nitrogen and oxygen atoms in total. The molecule has 1 aliphatic rings.